The van der Waals surface area contributed by atoms with Crippen LogP contribution in [0.3, 0.4) is 0 Å². The molecule has 2 aromatic rings. The Morgan fingerprint density at radius 3 is 3.00 bits per heavy atom. The van der Waals surface area contributed by atoms with Gasteiger partial charge >= 0.3 is 5.97 Å². The van der Waals surface area contributed by atoms with Gasteiger partial charge in [0.05, 0.1) is 17.0 Å². The van der Waals surface area contributed by atoms with E-state index in [0.717, 1.165) is 13.0 Å². The minimum absolute atomic E-state index is 0.117. The average molecular weight is 280 g/mol. The highest BCUT2D eigenvalue weighted by Gasteiger charge is 2.13. The number of aryl methyl sites for hydroxylation is 1. The molecule has 19 heavy (non-hydrogen) atoms. The first-order chi connectivity index (χ1) is 9.18. The zero-order valence-electron chi connectivity index (χ0n) is 10.2. The van der Waals surface area contributed by atoms with Gasteiger partial charge in [0.15, 0.2) is 0 Å². The van der Waals surface area contributed by atoms with Gasteiger partial charge in [-0.15, -0.1) is 0 Å². The molecule has 0 saturated carbocycles. The van der Waals surface area contributed by atoms with Crippen LogP contribution in [-0.4, -0.2) is 27.2 Å². The second-order valence-electron chi connectivity index (χ2n) is 4.05. The molecule has 0 radical (unpaired) electrons. The van der Waals surface area contributed by atoms with Gasteiger partial charge in [0.2, 0.25) is 0 Å². The van der Waals surface area contributed by atoms with Crippen molar-refractivity contribution < 1.29 is 9.90 Å². The van der Waals surface area contributed by atoms with E-state index < -0.39 is 5.97 Å². The number of hydrogen-bond donors (Lipinski definition) is 2. The molecule has 0 atom stereocenters. The van der Waals surface area contributed by atoms with E-state index in [9.17, 15) is 4.79 Å². The fourth-order valence-electron chi connectivity index (χ4n) is 1.79. The second-order valence-corrected chi connectivity index (χ2v) is 4.46. The van der Waals surface area contributed by atoms with E-state index in [1.54, 1.807) is 30.7 Å². The van der Waals surface area contributed by atoms with Gasteiger partial charge in [-0.2, -0.15) is 0 Å². The fraction of sp³-hybridized carbons (Fsp3) is 0.231. The molecule has 0 bridgehead atoms. The molecule has 0 spiro atoms. The zero-order chi connectivity index (χ0) is 13.7. The molecule has 0 saturated heterocycles. The summed E-state index contributed by atoms with van der Waals surface area (Å²) in [5.41, 5.74) is 0.664. The maximum absolute atomic E-state index is 11.1. The van der Waals surface area contributed by atoms with Crippen LogP contribution < -0.4 is 5.32 Å². The maximum Gasteiger partial charge on any atom is 0.339 e. The average Bonchev–Trinajstić information content (AvgIpc) is 2.87. The Labute approximate surface area is 115 Å². The fourth-order valence-corrected chi connectivity index (χ4v) is 2.05. The molecule has 100 valence electrons. The number of anilines is 1. The van der Waals surface area contributed by atoms with Crippen LogP contribution >= 0.6 is 11.6 Å². The van der Waals surface area contributed by atoms with Crippen molar-refractivity contribution in [1.29, 1.82) is 0 Å². The van der Waals surface area contributed by atoms with Gasteiger partial charge in [0.1, 0.15) is 5.56 Å². The van der Waals surface area contributed by atoms with Crippen molar-refractivity contribution in [2.24, 2.45) is 0 Å². The third-order valence-electron chi connectivity index (χ3n) is 2.70. The highest BCUT2D eigenvalue weighted by Crippen LogP contribution is 2.24. The lowest BCUT2D eigenvalue weighted by Gasteiger charge is -2.10. The van der Waals surface area contributed by atoms with Gasteiger partial charge in [-0.3, -0.25) is 0 Å². The zero-order valence-corrected chi connectivity index (χ0v) is 11.0. The number of imidazole rings is 1. The van der Waals surface area contributed by atoms with E-state index in [0.29, 0.717) is 12.2 Å². The molecule has 0 unspecified atom stereocenters. The quantitative estimate of drug-likeness (QED) is 0.798. The lowest BCUT2D eigenvalue weighted by molar-refractivity contribution is 0.0698. The number of aromatic nitrogens is 2. The molecule has 0 fully saturated rings. The van der Waals surface area contributed by atoms with Gasteiger partial charge < -0.3 is 15.0 Å². The Morgan fingerprint density at radius 2 is 2.32 bits per heavy atom. The lowest BCUT2D eigenvalue weighted by Crippen LogP contribution is -2.10. The second kappa shape index (κ2) is 6.24. The Balaban J connectivity index is 1.92. The summed E-state index contributed by atoms with van der Waals surface area (Å²) < 4.78 is 1.97. The predicted octanol–water partition coefficient (Wildman–Crippen LogP) is 2.74. The molecule has 0 aliphatic heterocycles. The summed E-state index contributed by atoms with van der Waals surface area (Å²) in [6, 6.07) is 5.02. The topological polar surface area (TPSA) is 67.2 Å². The lowest BCUT2D eigenvalue weighted by atomic mass is 10.1. The van der Waals surface area contributed by atoms with E-state index in [2.05, 4.69) is 10.3 Å². The van der Waals surface area contributed by atoms with Gasteiger partial charge in [-0.1, -0.05) is 17.7 Å². The first-order valence-electron chi connectivity index (χ1n) is 5.90. The number of rotatable bonds is 6. The van der Waals surface area contributed by atoms with Crippen LogP contribution in [-0.2, 0) is 6.54 Å². The normalized spacial score (nSPS) is 10.4. The molecule has 1 aromatic heterocycles. The predicted molar refractivity (Wildman–Crippen MR) is 73.7 cm³/mol. The molecular weight excluding hydrogens is 266 g/mol. The smallest absolute Gasteiger partial charge is 0.339 e. The van der Waals surface area contributed by atoms with Crippen molar-refractivity contribution in [2.75, 3.05) is 11.9 Å². The molecule has 0 aliphatic rings. The maximum atomic E-state index is 11.1. The van der Waals surface area contributed by atoms with E-state index in [1.807, 2.05) is 10.8 Å². The number of carboxylic acid groups (broad SMARTS) is 1. The van der Waals surface area contributed by atoms with Crippen LogP contribution in [0.5, 0.6) is 0 Å². The van der Waals surface area contributed by atoms with Crippen molar-refractivity contribution >= 4 is 23.3 Å². The van der Waals surface area contributed by atoms with Crippen LogP contribution in [0.15, 0.2) is 36.9 Å². The summed E-state index contributed by atoms with van der Waals surface area (Å²) in [5, 5.41) is 12.5. The summed E-state index contributed by atoms with van der Waals surface area (Å²) in [6.07, 6.45) is 6.24. The number of halogens is 1. The van der Waals surface area contributed by atoms with Crippen LogP contribution in [0.25, 0.3) is 0 Å². The molecule has 2 rings (SSSR count). The molecule has 2 N–H and O–H groups in total. The minimum Gasteiger partial charge on any atom is -0.478 e. The number of benzene rings is 1. The molecule has 6 heteroatoms. The number of hydrogen-bond acceptors (Lipinski definition) is 3. The largest absolute Gasteiger partial charge is 0.478 e. The number of carboxylic acids is 1. The van der Waals surface area contributed by atoms with E-state index in [4.69, 9.17) is 16.7 Å². The van der Waals surface area contributed by atoms with Crippen LogP contribution in [0, 0.1) is 0 Å². The van der Waals surface area contributed by atoms with Crippen LogP contribution in [0.2, 0.25) is 5.02 Å². The first kappa shape index (κ1) is 13.4. The van der Waals surface area contributed by atoms with E-state index in [1.165, 1.54) is 0 Å². The Hall–Kier alpha value is -2.01. The molecule has 1 heterocycles. The first-order valence-corrected chi connectivity index (χ1v) is 6.27. The molecule has 0 aliphatic carbocycles. The molecule has 1 aromatic carbocycles. The van der Waals surface area contributed by atoms with Crippen LogP contribution in [0.1, 0.15) is 16.8 Å². The van der Waals surface area contributed by atoms with Crippen molar-refractivity contribution in [3.05, 3.63) is 47.5 Å². The van der Waals surface area contributed by atoms with E-state index >= 15 is 0 Å². The minimum atomic E-state index is -1.03. The summed E-state index contributed by atoms with van der Waals surface area (Å²) in [5.74, 6) is -1.03. The van der Waals surface area contributed by atoms with Gasteiger partial charge in [-0.25, -0.2) is 9.78 Å². The third-order valence-corrected chi connectivity index (χ3v) is 3.01. The number of nitrogens with zero attached hydrogens (tertiary/aromatic N) is 2. The van der Waals surface area contributed by atoms with Gasteiger partial charge in [-0.05, 0) is 18.6 Å². The van der Waals surface area contributed by atoms with Gasteiger partial charge in [0.25, 0.3) is 0 Å². The summed E-state index contributed by atoms with van der Waals surface area (Å²) in [7, 11) is 0. The highest BCUT2D eigenvalue weighted by atomic mass is 35.5. The summed E-state index contributed by atoms with van der Waals surface area (Å²) in [4.78, 5) is 15.1. The molecule has 0 amide bonds. The summed E-state index contributed by atoms with van der Waals surface area (Å²) in [6.45, 7) is 1.49. The van der Waals surface area contributed by atoms with Gasteiger partial charge in [0, 0.05) is 25.5 Å². The number of aromatic carboxylic acids is 1. The monoisotopic (exact) mass is 279 g/mol. The van der Waals surface area contributed by atoms with Crippen molar-refractivity contribution in [2.45, 2.75) is 13.0 Å². The van der Waals surface area contributed by atoms with Crippen molar-refractivity contribution in [1.82, 2.24) is 9.55 Å². The highest BCUT2D eigenvalue weighted by molar-refractivity contribution is 6.34. The van der Waals surface area contributed by atoms with E-state index in [-0.39, 0.29) is 10.6 Å². The van der Waals surface area contributed by atoms with Crippen LogP contribution in [0.4, 0.5) is 5.69 Å². The summed E-state index contributed by atoms with van der Waals surface area (Å²) >= 11 is 5.89. The Bertz CT molecular complexity index is 555. The third kappa shape index (κ3) is 3.48. The molecular formula is C13H14ClN3O2. The standard InChI is InChI=1S/C13H14ClN3O2/c14-10-3-1-4-11(12(10)13(18)19)16-5-2-7-17-8-6-15-9-17/h1,3-4,6,8-9,16H,2,5,7H2,(H,18,19). The molecule has 5 nitrogen and oxygen atoms in total. The van der Waals surface area contributed by atoms with Crippen molar-refractivity contribution in [3.8, 4) is 0 Å². The van der Waals surface area contributed by atoms with Crippen molar-refractivity contribution in [3.63, 3.8) is 0 Å². The number of carbonyl (C=O) groups is 1. The number of nitrogens with one attached hydrogen (secondary N) is 1. The SMILES string of the molecule is O=C(O)c1c(Cl)cccc1NCCCn1ccnc1. The Morgan fingerprint density at radius 1 is 1.47 bits per heavy atom. The Kier molecular flexibility index (Phi) is 4.41.